The Morgan fingerprint density at radius 2 is 1.69 bits per heavy atom. The standard InChI is InChI=1S/C13H20O3/c1-16-13(7-12(14)15)10-3-8-2-9(5-10)6-11(13)4-8/h8-11H,2-7H2,1H3,(H,14,15). The summed E-state index contributed by atoms with van der Waals surface area (Å²) in [5.41, 5.74) is -0.334. The van der Waals surface area contributed by atoms with Gasteiger partial charge >= 0.3 is 5.97 Å². The summed E-state index contributed by atoms with van der Waals surface area (Å²) in [7, 11) is 1.71. The van der Waals surface area contributed by atoms with Gasteiger partial charge in [-0.2, -0.15) is 0 Å². The average molecular weight is 224 g/mol. The summed E-state index contributed by atoms with van der Waals surface area (Å²) < 4.78 is 5.74. The molecule has 90 valence electrons. The van der Waals surface area contributed by atoms with E-state index in [1.54, 1.807) is 7.11 Å². The topological polar surface area (TPSA) is 46.5 Å². The minimum absolute atomic E-state index is 0.207. The Morgan fingerprint density at radius 3 is 2.06 bits per heavy atom. The molecule has 4 aliphatic carbocycles. The van der Waals surface area contributed by atoms with Crippen LogP contribution in [0.5, 0.6) is 0 Å². The summed E-state index contributed by atoms with van der Waals surface area (Å²) in [5.74, 6) is 2.03. The number of carboxylic acid groups (broad SMARTS) is 1. The zero-order chi connectivity index (χ0) is 11.3. The molecule has 3 nitrogen and oxygen atoms in total. The van der Waals surface area contributed by atoms with Crippen LogP contribution in [0.3, 0.4) is 0 Å². The number of hydrogen-bond donors (Lipinski definition) is 1. The van der Waals surface area contributed by atoms with Gasteiger partial charge in [0.15, 0.2) is 0 Å². The molecule has 16 heavy (non-hydrogen) atoms. The Hall–Kier alpha value is -0.570. The summed E-state index contributed by atoms with van der Waals surface area (Å²) in [6.07, 6.45) is 6.41. The quantitative estimate of drug-likeness (QED) is 0.800. The van der Waals surface area contributed by atoms with Crippen LogP contribution in [0.25, 0.3) is 0 Å². The maximum Gasteiger partial charge on any atom is 0.306 e. The number of hydrogen-bond acceptors (Lipinski definition) is 2. The van der Waals surface area contributed by atoms with E-state index in [2.05, 4.69) is 0 Å². The highest BCUT2D eigenvalue weighted by Gasteiger charge is 2.58. The van der Waals surface area contributed by atoms with Crippen molar-refractivity contribution in [3.8, 4) is 0 Å². The van der Waals surface area contributed by atoms with Crippen molar-refractivity contribution in [1.29, 1.82) is 0 Å². The summed E-state index contributed by atoms with van der Waals surface area (Å²) in [6.45, 7) is 0. The van der Waals surface area contributed by atoms with E-state index in [0.717, 1.165) is 11.8 Å². The number of carboxylic acids is 1. The van der Waals surface area contributed by atoms with Crippen LogP contribution in [-0.2, 0) is 9.53 Å². The highest BCUT2D eigenvalue weighted by Crippen LogP contribution is 2.60. The highest BCUT2D eigenvalue weighted by molar-refractivity contribution is 5.68. The van der Waals surface area contributed by atoms with E-state index in [-0.39, 0.29) is 12.0 Å². The molecule has 0 heterocycles. The van der Waals surface area contributed by atoms with Crippen LogP contribution in [0.1, 0.15) is 38.5 Å². The van der Waals surface area contributed by atoms with Gasteiger partial charge < -0.3 is 9.84 Å². The van der Waals surface area contributed by atoms with Gasteiger partial charge in [0, 0.05) is 7.11 Å². The van der Waals surface area contributed by atoms with Crippen LogP contribution in [0.4, 0.5) is 0 Å². The van der Waals surface area contributed by atoms with Gasteiger partial charge in [0.05, 0.1) is 12.0 Å². The summed E-state index contributed by atoms with van der Waals surface area (Å²) in [6, 6.07) is 0. The zero-order valence-corrected chi connectivity index (χ0v) is 9.82. The monoisotopic (exact) mass is 224 g/mol. The molecule has 0 aromatic carbocycles. The minimum atomic E-state index is -0.700. The van der Waals surface area contributed by atoms with Crippen LogP contribution < -0.4 is 0 Å². The Kier molecular flexibility index (Phi) is 2.29. The molecule has 4 saturated carbocycles. The van der Waals surface area contributed by atoms with Crippen LogP contribution >= 0.6 is 0 Å². The fourth-order valence-corrected chi connectivity index (χ4v) is 4.91. The van der Waals surface area contributed by atoms with E-state index in [4.69, 9.17) is 9.84 Å². The Balaban J connectivity index is 1.90. The molecule has 4 fully saturated rings. The fourth-order valence-electron chi connectivity index (χ4n) is 4.91. The molecular formula is C13H20O3. The fraction of sp³-hybridized carbons (Fsp3) is 0.923. The van der Waals surface area contributed by atoms with Crippen molar-refractivity contribution in [2.24, 2.45) is 23.7 Å². The van der Waals surface area contributed by atoms with Gasteiger partial charge in [-0.15, -0.1) is 0 Å². The first kappa shape index (κ1) is 10.6. The largest absolute Gasteiger partial charge is 0.481 e. The molecule has 0 aromatic rings. The normalized spacial score (nSPS) is 49.6. The van der Waals surface area contributed by atoms with Crippen molar-refractivity contribution in [2.45, 2.75) is 44.1 Å². The SMILES string of the molecule is COC1(CC(=O)O)C2CC3CC(C2)CC1C3. The van der Waals surface area contributed by atoms with E-state index < -0.39 is 5.97 Å². The second kappa shape index (κ2) is 3.46. The number of ether oxygens (including phenoxy) is 1. The van der Waals surface area contributed by atoms with Gasteiger partial charge in [-0.1, -0.05) is 0 Å². The second-order valence-corrected chi connectivity index (χ2v) is 6.03. The van der Waals surface area contributed by atoms with E-state index in [9.17, 15) is 4.79 Å². The molecule has 0 amide bonds. The summed E-state index contributed by atoms with van der Waals surface area (Å²) in [4.78, 5) is 11.1. The van der Waals surface area contributed by atoms with Crippen molar-refractivity contribution in [2.75, 3.05) is 7.11 Å². The maximum atomic E-state index is 11.1. The molecule has 4 rings (SSSR count). The van der Waals surface area contributed by atoms with Crippen LogP contribution in [-0.4, -0.2) is 23.8 Å². The third-order valence-corrected chi connectivity index (χ3v) is 5.33. The van der Waals surface area contributed by atoms with Gasteiger partial charge in [-0.25, -0.2) is 0 Å². The highest BCUT2D eigenvalue weighted by atomic mass is 16.5. The number of rotatable bonds is 3. The molecular weight excluding hydrogens is 204 g/mol. The molecule has 4 aliphatic rings. The predicted octanol–water partition coefficient (Wildman–Crippen LogP) is 2.30. The molecule has 4 bridgehead atoms. The third-order valence-electron chi connectivity index (χ3n) is 5.33. The first-order chi connectivity index (χ1) is 7.64. The molecule has 0 atom stereocenters. The lowest BCUT2D eigenvalue weighted by Gasteiger charge is -2.60. The van der Waals surface area contributed by atoms with Crippen LogP contribution in [0.2, 0.25) is 0 Å². The van der Waals surface area contributed by atoms with Gasteiger partial charge in [-0.05, 0) is 55.8 Å². The van der Waals surface area contributed by atoms with Crippen LogP contribution in [0, 0.1) is 23.7 Å². The Bertz CT molecular complexity index is 282. The maximum absolute atomic E-state index is 11.1. The van der Waals surface area contributed by atoms with Gasteiger partial charge in [0.25, 0.3) is 0 Å². The lowest BCUT2D eigenvalue weighted by atomic mass is 9.49. The number of carbonyl (C=O) groups is 1. The lowest BCUT2D eigenvalue weighted by molar-refractivity contribution is -0.200. The van der Waals surface area contributed by atoms with Crippen molar-refractivity contribution in [3.05, 3.63) is 0 Å². The smallest absolute Gasteiger partial charge is 0.306 e. The van der Waals surface area contributed by atoms with Crippen LogP contribution in [0.15, 0.2) is 0 Å². The lowest BCUT2D eigenvalue weighted by Crippen LogP contribution is -2.59. The van der Waals surface area contributed by atoms with E-state index in [0.29, 0.717) is 11.8 Å². The van der Waals surface area contributed by atoms with Crippen molar-refractivity contribution < 1.29 is 14.6 Å². The van der Waals surface area contributed by atoms with Gasteiger partial charge in [0.2, 0.25) is 0 Å². The van der Waals surface area contributed by atoms with E-state index >= 15 is 0 Å². The molecule has 0 aromatic heterocycles. The molecule has 0 aliphatic heterocycles. The van der Waals surface area contributed by atoms with Crippen molar-refractivity contribution >= 4 is 5.97 Å². The average Bonchev–Trinajstić information content (AvgIpc) is 2.22. The molecule has 0 spiro atoms. The molecule has 0 saturated heterocycles. The Labute approximate surface area is 96.2 Å². The van der Waals surface area contributed by atoms with E-state index in [1.165, 1.54) is 32.1 Å². The number of methoxy groups -OCH3 is 1. The number of aliphatic carboxylic acids is 1. The van der Waals surface area contributed by atoms with Gasteiger partial charge in [0.1, 0.15) is 0 Å². The Morgan fingerprint density at radius 1 is 1.19 bits per heavy atom. The third kappa shape index (κ3) is 1.33. The summed E-state index contributed by atoms with van der Waals surface area (Å²) in [5, 5.41) is 9.11. The molecule has 0 radical (unpaired) electrons. The van der Waals surface area contributed by atoms with Gasteiger partial charge in [-0.3, -0.25) is 4.79 Å². The van der Waals surface area contributed by atoms with E-state index in [1.807, 2.05) is 0 Å². The first-order valence-corrected chi connectivity index (χ1v) is 6.41. The second-order valence-electron chi connectivity index (χ2n) is 6.03. The minimum Gasteiger partial charge on any atom is -0.481 e. The predicted molar refractivity (Wildman–Crippen MR) is 59.0 cm³/mol. The molecule has 3 heteroatoms. The van der Waals surface area contributed by atoms with Crippen molar-refractivity contribution in [1.82, 2.24) is 0 Å². The molecule has 1 N–H and O–H groups in total. The summed E-state index contributed by atoms with van der Waals surface area (Å²) >= 11 is 0. The zero-order valence-electron chi connectivity index (χ0n) is 9.82. The van der Waals surface area contributed by atoms with Crippen molar-refractivity contribution in [3.63, 3.8) is 0 Å². The molecule has 0 unspecified atom stereocenters. The first-order valence-electron chi connectivity index (χ1n) is 6.41.